The Labute approximate surface area is 138 Å². The molecule has 23 heavy (non-hydrogen) atoms. The van der Waals surface area contributed by atoms with E-state index in [-0.39, 0.29) is 5.60 Å². The highest BCUT2D eigenvalue weighted by molar-refractivity contribution is 5.38. The number of pyridine rings is 1. The van der Waals surface area contributed by atoms with Crippen LogP contribution in [0.1, 0.15) is 32.1 Å². The number of rotatable bonds is 2. The van der Waals surface area contributed by atoms with E-state index in [2.05, 4.69) is 26.9 Å². The Morgan fingerprint density at radius 1 is 1.00 bits per heavy atom. The molecule has 6 rings (SSSR count). The predicted octanol–water partition coefficient (Wildman–Crippen LogP) is 2.14. The molecule has 4 aliphatic carbocycles. The highest BCUT2D eigenvalue weighted by atomic mass is 16.3. The molecular weight excluding hydrogens is 286 g/mol. The molecule has 1 saturated heterocycles. The van der Waals surface area contributed by atoms with Crippen LogP contribution in [0.25, 0.3) is 0 Å². The van der Waals surface area contributed by atoms with Crippen molar-refractivity contribution in [2.24, 2.45) is 17.8 Å². The first kappa shape index (κ1) is 14.2. The summed E-state index contributed by atoms with van der Waals surface area (Å²) in [5.74, 6) is 3.41. The van der Waals surface area contributed by atoms with E-state index in [1.807, 2.05) is 12.3 Å². The molecule has 5 aliphatic rings. The summed E-state index contributed by atoms with van der Waals surface area (Å²) in [5, 5.41) is 10.8. The van der Waals surface area contributed by atoms with Gasteiger partial charge in [0.15, 0.2) is 0 Å². The molecule has 4 heteroatoms. The molecule has 1 aliphatic heterocycles. The minimum Gasteiger partial charge on any atom is -0.390 e. The van der Waals surface area contributed by atoms with E-state index in [0.29, 0.717) is 0 Å². The molecule has 2 heterocycles. The van der Waals surface area contributed by atoms with Crippen LogP contribution in [-0.2, 0) is 0 Å². The number of aromatic nitrogens is 1. The van der Waals surface area contributed by atoms with Gasteiger partial charge in [-0.1, -0.05) is 6.07 Å². The largest absolute Gasteiger partial charge is 0.390 e. The van der Waals surface area contributed by atoms with Gasteiger partial charge in [-0.2, -0.15) is 0 Å². The minimum atomic E-state index is -0.303. The first-order chi connectivity index (χ1) is 11.2. The lowest BCUT2D eigenvalue weighted by atomic mass is 9.52. The molecule has 1 aromatic heterocycles. The number of hydrogen-bond donors (Lipinski definition) is 1. The van der Waals surface area contributed by atoms with Crippen molar-refractivity contribution in [3.05, 3.63) is 24.4 Å². The number of anilines is 1. The molecule has 2 unspecified atom stereocenters. The van der Waals surface area contributed by atoms with Crippen LogP contribution in [0.2, 0.25) is 0 Å². The summed E-state index contributed by atoms with van der Waals surface area (Å²) in [6.45, 7) is 4.47. The van der Waals surface area contributed by atoms with Gasteiger partial charge in [0.25, 0.3) is 0 Å². The van der Waals surface area contributed by atoms with E-state index in [1.54, 1.807) is 0 Å². The van der Waals surface area contributed by atoms with Gasteiger partial charge in [0.1, 0.15) is 5.82 Å². The van der Waals surface area contributed by atoms with Crippen LogP contribution >= 0.6 is 0 Å². The van der Waals surface area contributed by atoms with Crippen LogP contribution in [0.3, 0.4) is 0 Å². The third-order valence-corrected chi connectivity index (χ3v) is 6.90. The second-order valence-corrected chi connectivity index (χ2v) is 8.40. The molecule has 124 valence electrons. The lowest BCUT2D eigenvalue weighted by Gasteiger charge is -2.61. The number of hydrogen-bond acceptors (Lipinski definition) is 4. The second-order valence-electron chi connectivity index (χ2n) is 8.40. The van der Waals surface area contributed by atoms with Gasteiger partial charge in [0.2, 0.25) is 0 Å². The standard InChI is InChI=1S/C19H27N3O/c23-19-11-14-9-15(12-19)18(16(10-14)13-19)22-7-5-21(6-8-22)17-3-1-2-4-20-17/h1-4,14-16,18,23H,5-13H2. The molecule has 4 saturated carbocycles. The summed E-state index contributed by atoms with van der Waals surface area (Å²) in [6, 6.07) is 6.91. The molecular formula is C19H27N3O. The van der Waals surface area contributed by atoms with Crippen molar-refractivity contribution in [1.29, 1.82) is 0 Å². The summed E-state index contributed by atoms with van der Waals surface area (Å²) >= 11 is 0. The normalized spacial score (nSPS) is 43.1. The minimum absolute atomic E-state index is 0.303. The summed E-state index contributed by atoms with van der Waals surface area (Å²) in [7, 11) is 0. The van der Waals surface area contributed by atoms with E-state index in [9.17, 15) is 5.11 Å². The zero-order valence-electron chi connectivity index (χ0n) is 13.8. The monoisotopic (exact) mass is 313 g/mol. The van der Waals surface area contributed by atoms with Crippen molar-refractivity contribution in [1.82, 2.24) is 9.88 Å². The molecule has 0 amide bonds. The fourth-order valence-electron chi connectivity index (χ4n) is 6.34. The molecule has 0 aromatic carbocycles. The Kier molecular flexibility index (Phi) is 3.21. The quantitative estimate of drug-likeness (QED) is 0.908. The number of aliphatic hydroxyl groups is 1. The first-order valence-electron chi connectivity index (χ1n) is 9.33. The molecule has 5 fully saturated rings. The Balaban J connectivity index is 1.28. The average molecular weight is 313 g/mol. The van der Waals surface area contributed by atoms with Gasteiger partial charge in [-0.05, 0) is 62.0 Å². The van der Waals surface area contributed by atoms with Gasteiger partial charge in [-0.15, -0.1) is 0 Å². The zero-order valence-corrected chi connectivity index (χ0v) is 13.8. The lowest BCUT2D eigenvalue weighted by molar-refractivity contribution is -0.160. The molecule has 4 bridgehead atoms. The molecule has 1 N–H and O–H groups in total. The van der Waals surface area contributed by atoms with Gasteiger partial charge in [0, 0.05) is 38.4 Å². The SMILES string of the molecule is OC12CC3CC(C1)C(N1CCN(c4ccccn4)CC1)C(C3)C2. The topological polar surface area (TPSA) is 39.6 Å². The van der Waals surface area contributed by atoms with Crippen LogP contribution in [0.4, 0.5) is 5.82 Å². The van der Waals surface area contributed by atoms with E-state index >= 15 is 0 Å². The second kappa shape index (κ2) is 5.18. The zero-order chi connectivity index (χ0) is 15.4. The summed E-state index contributed by atoms with van der Waals surface area (Å²) < 4.78 is 0. The van der Waals surface area contributed by atoms with Gasteiger partial charge >= 0.3 is 0 Å². The molecule has 4 nitrogen and oxygen atoms in total. The Morgan fingerprint density at radius 2 is 1.74 bits per heavy atom. The van der Waals surface area contributed by atoms with Crippen LogP contribution < -0.4 is 4.90 Å². The van der Waals surface area contributed by atoms with Crippen LogP contribution in [0, 0.1) is 17.8 Å². The van der Waals surface area contributed by atoms with Gasteiger partial charge < -0.3 is 10.0 Å². The van der Waals surface area contributed by atoms with Gasteiger partial charge in [0.05, 0.1) is 5.60 Å². The van der Waals surface area contributed by atoms with Crippen LogP contribution in [-0.4, -0.2) is 52.8 Å². The Bertz CT molecular complexity index is 553. The fraction of sp³-hybridized carbons (Fsp3) is 0.737. The highest BCUT2D eigenvalue weighted by Gasteiger charge is 2.56. The summed E-state index contributed by atoms with van der Waals surface area (Å²) in [5.41, 5.74) is -0.303. The summed E-state index contributed by atoms with van der Waals surface area (Å²) in [4.78, 5) is 9.66. The van der Waals surface area contributed by atoms with Gasteiger partial charge in [-0.25, -0.2) is 4.98 Å². The third kappa shape index (κ3) is 2.38. The number of nitrogens with zero attached hydrogens (tertiary/aromatic N) is 3. The number of piperazine rings is 1. The lowest BCUT2D eigenvalue weighted by Crippen LogP contribution is -2.64. The Morgan fingerprint density at radius 3 is 2.35 bits per heavy atom. The van der Waals surface area contributed by atoms with Crippen molar-refractivity contribution in [2.45, 2.75) is 43.7 Å². The molecule has 2 atom stereocenters. The van der Waals surface area contributed by atoms with E-state index in [4.69, 9.17) is 0 Å². The van der Waals surface area contributed by atoms with Crippen LogP contribution in [0.5, 0.6) is 0 Å². The van der Waals surface area contributed by atoms with Crippen molar-refractivity contribution in [3.63, 3.8) is 0 Å². The van der Waals surface area contributed by atoms with Crippen molar-refractivity contribution in [2.75, 3.05) is 31.1 Å². The Hall–Kier alpha value is -1.13. The first-order valence-corrected chi connectivity index (χ1v) is 9.33. The molecule has 0 radical (unpaired) electrons. The predicted molar refractivity (Wildman–Crippen MR) is 90.3 cm³/mol. The van der Waals surface area contributed by atoms with E-state index in [0.717, 1.165) is 75.1 Å². The summed E-state index contributed by atoms with van der Waals surface area (Å²) in [6.07, 6.45) is 7.82. The maximum Gasteiger partial charge on any atom is 0.128 e. The highest BCUT2D eigenvalue weighted by Crippen LogP contribution is 2.57. The van der Waals surface area contributed by atoms with Gasteiger partial charge in [-0.3, -0.25) is 4.90 Å². The molecule has 0 spiro atoms. The average Bonchev–Trinajstić information content (AvgIpc) is 2.54. The van der Waals surface area contributed by atoms with Crippen LogP contribution in [0.15, 0.2) is 24.4 Å². The van der Waals surface area contributed by atoms with E-state index in [1.165, 1.54) is 12.8 Å². The maximum atomic E-state index is 10.8. The smallest absolute Gasteiger partial charge is 0.128 e. The fourth-order valence-corrected chi connectivity index (χ4v) is 6.34. The maximum absolute atomic E-state index is 10.8. The van der Waals surface area contributed by atoms with Crippen molar-refractivity contribution < 1.29 is 5.11 Å². The van der Waals surface area contributed by atoms with Crippen molar-refractivity contribution >= 4 is 5.82 Å². The van der Waals surface area contributed by atoms with Crippen molar-refractivity contribution in [3.8, 4) is 0 Å². The van der Waals surface area contributed by atoms with E-state index < -0.39 is 0 Å². The molecule has 1 aromatic rings. The third-order valence-electron chi connectivity index (χ3n) is 6.90.